The summed E-state index contributed by atoms with van der Waals surface area (Å²) in [6.45, 7) is 1.26. The Labute approximate surface area is 251 Å². The van der Waals surface area contributed by atoms with Crippen LogP contribution in [0.25, 0.3) is 0 Å². The van der Waals surface area contributed by atoms with E-state index in [-0.39, 0.29) is 5.57 Å². The van der Waals surface area contributed by atoms with Crippen LogP contribution in [0.4, 0.5) is 70.2 Å². The number of carbonyl (C=O) groups is 3. The molecule has 0 spiro atoms. The number of alkyl halides is 16. The van der Waals surface area contributed by atoms with Crippen LogP contribution >= 0.6 is 11.8 Å². The van der Waals surface area contributed by atoms with Gasteiger partial charge in [0.1, 0.15) is 19.3 Å². The van der Waals surface area contributed by atoms with Crippen molar-refractivity contribution in [1.29, 1.82) is 0 Å². The minimum absolute atomic E-state index is 0.00389. The lowest BCUT2D eigenvalue weighted by Gasteiger charge is -2.42. The lowest BCUT2D eigenvalue weighted by Crippen LogP contribution is -2.73. The van der Waals surface area contributed by atoms with E-state index in [2.05, 4.69) is 20.8 Å². The molecular formula is C22H21F16O7S. The summed E-state index contributed by atoms with van der Waals surface area (Å²) in [6.07, 6.45) is -9.87. The van der Waals surface area contributed by atoms with Gasteiger partial charge in [0, 0.05) is 11.3 Å². The third kappa shape index (κ3) is 9.24. The van der Waals surface area contributed by atoms with Crippen molar-refractivity contribution in [2.75, 3.05) is 31.3 Å². The molecule has 1 N–H and O–H groups in total. The van der Waals surface area contributed by atoms with E-state index in [1.807, 2.05) is 0 Å². The predicted octanol–water partition coefficient (Wildman–Crippen LogP) is 5.59. The second-order valence-electron chi connectivity index (χ2n) is 8.85. The molecule has 1 radical (unpaired) electrons. The van der Waals surface area contributed by atoms with E-state index in [1.54, 1.807) is 0 Å². The first-order valence-electron chi connectivity index (χ1n) is 11.6. The number of aliphatic hydroxyl groups is 1. The molecule has 0 heterocycles. The van der Waals surface area contributed by atoms with E-state index in [1.165, 1.54) is 6.92 Å². The molecule has 0 fully saturated rings. The molecule has 0 aliphatic carbocycles. The SMILES string of the molecule is C=C(C)C(=O)OCC(O)COC(=O)CSC[CH]C(=O)OCCC(F)(F)C(F)(F)C(F)(F)C(F)(F)C(F)(F)C(F)(F)C(F)(F)C(F)F. The van der Waals surface area contributed by atoms with Crippen molar-refractivity contribution >= 4 is 29.7 Å². The molecule has 0 saturated heterocycles. The molecule has 0 aromatic rings. The number of rotatable bonds is 20. The van der Waals surface area contributed by atoms with Crippen LogP contribution in [0.15, 0.2) is 12.2 Å². The average Bonchev–Trinajstić information content (AvgIpc) is 2.91. The van der Waals surface area contributed by atoms with Crippen LogP contribution in [0.1, 0.15) is 13.3 Å². The third-order valence-electron chi connectivity index (χ3n) is 5.17. The van der Waals surface area contributed by atoms with Crippen LogP contribution in [0.5, 0.6) is 0 Å². The van der Waals surface area contributed by atoms with Gasteiger partial charge in [-0.05, 0) is 6.92 Å². The highest BCUT2D eigenvalue weighted by Crippen LogP contribution is 2.63. The Morgan fingerprint density at radius 2 is 1.22 bits per heavy atom. The fraction of sp³-hybridized carbons (Fsp3) is 0.727. The van der Waals surface area contributed by atoms with Crippen molar-refractivity contribution in [2.45, 2.75) is 67.3 Å². The Balaban J connectivity index is 5.10. The van der Waals surface area contributed by atoms with Crippen molar-refractivity contribution < 1.29 is 104 Å². The summed E-state index contributed by atoms with van der Waals surface area (Å²) < 4.78 is 226. The van der Waals surface area contributed by atoms with Crippen molar-refractivity contribution in [1.82, 2.24) is 0 Å². The summed E-state index contributed by atoms with van der Waals surface area (Å²) in [6, 6.07) is 0. The van der Waals surface area contributed by atoms with Gasteiger partial charge in [0.25, 0.3) is 0 Å². The topological polar surface area (TPSA) is 99.1 Å². The molecule has 0 aromatic heterocycles. The fourth-order valence-corrected chi connectivity index (χ4v) is 3.13. The van der Waals surface area contributed by atoms with Gasteiger partial charge in [-0.25, -0.2) is 13.6 Å². The van der Waals surface area contributed by atoms with Gasteiger partial charge < -0.3 is 19.3 Å². The number of thioether (sulfide) groups is 1. The molecule has 0 rings (SSSR count). The maximum atomic E-state index is 13.8. The minimum Gasteiger partial charge on any atom is -0.465 e. The number of esters is 3. The molecule has 269 valence electrons. The summed E-state index contributed by atoms with van der Waals surface area (Å²) in [5.41, 5.74) is 0.00389. The molecule has 0 amide bonds. The summed E-state index contributed by atoms with van der Waals surface area (Å²) >= 11 is 0.528. The number of aliphatic hydroxyl groups excluding tert-OH is 1. The monoisotopic (exact) mass is 733 g/mol. The van der Waals surface area contributed by atoms with Gasteiger partial charge in [-0.15, -0.1) is 11.8 Å². The van der Waals surface area contributed by atoms with Gasteiger partial charge in [0.05, 0.1) is 25.2 Å². The first-order chi connectivity index (χ1) is 20.5. The molecule has 1 atom stereocenters. The molecule has 0 saturated carbocycles. The fourth-order valence-electron chi connectivity index (χ4n) is 2.51. The maximum Gasteiger partial charge on any atom is 0.384 e. The number of halogens is 16. The van der Waals surface area contributed by atoms with Crippen molar-refractivity contribution in [3.8, 4) is 0 Å². The molecule has 46 heavy (non-hydrogen) atoms. The molecule has 0 aliphatic rings. The second kappa shape index (κ2) is 15.5. The predicted molar refractivity (Wildman–Crippen MR) is 121 cm³/mol. The van der Waals surface area contributed by atoms with Crippen LogP contribution in [0.2, 0.25) is 0 Å². The van der Waals surface area contributed by atoms with Gasteiger partial charge in [0.15, 0.2) is 0 Å². The quantitative estimate of drug-likeness (QED) is 0.0569. The van der Waals surface area contributed by atoms with Crippen LogP contribution in [-0.4, -0.2) is 108 Å². The molecule has 24 heteroatoms. The standard InChI is InChI=1S/C22H21F16O7S/c1-10(2)14(42)45-8-11(39)7-44-13(41)9-46-6-3-12(40)43-5-4-16(25,26)18(29,30)20(33,34)22(37,38)21(35,36)19(31,32)17(27,28)15(23)24/h3,11,15,39H,1,4-9H2,2H3. The lowest BCUT2D eigenvalue weighted by atomic mass is 9.88. The zero-order chi connectivity index (χ0) is 36.7. The van der Waals surface area contributed by atoms with E-state index in [0.717, 1.165) is 0 Å². The Bertz CT molecular complexity index is 1080. The van der Waals surface area contributed by atoms with E-state index in [4.69, 9.17) is 0 Å². The van der Waals surface area contributed by atoms with Crippen LogP contribution < -0.4 is 0 Å². The second-order valence-corrected chi connectivity index (χ2v) is 9.88. The van der Waals surface area contributed by atoms with Gasteiger partial charge in [0.2, 0.25) is 0 Å². The highest BCUT2D eigenvalue weighted by molar-refractivity contribution is 8.00. The van der Waals surface area contributed by atoms with E-state index < -0.39 is 110 Å². The van der Waals surface area contributed by atoms with Crippen LogP contribution in [0, 0.1) is 6.42 Å². The van der Waals surface area contributed by atoms with E-state index in [9.17, 15) is 89.7 Å². The van der Waals surface area contributed by atoms with Crippen molar-refractivity contribution in [2.24, 2.45) is 0 Å². The zero-order valence-corrected chi connectivity index (χ0v) is 23.4. The van der Waals surface area contributed by atoms with Crippen molar-refractivity contribution in [3.63, 3.8) is 0 Å². The van der Waals surface area contributed by atoms with Gasteiger partial charge in [-0.1, -0.05) is 6.58 Å². The molecule has 7 nitrogen and oxygen atoms in total. The van der Waals surface area contributed by atoms with Crippen molar-refractivity contribution in [3.05, 3.63) is 18.6 Å². The highest BCUT2D eigenvalue weighted by Gasteiger charge is 2.93. The zero-order valence-electron chi connectivity index (χ0n) is 22.5. The Hall–Kier alpha value is -2.66. The first kappa shape index (κ1) is 43.3. The Morgan fingerprint density at radius 1 is 0.761 bits per heavy atom. The third-order valence-corrected chi connectivity index (χ3v) is 6.01. The normalized spacial score (nSPS) is 14.6. The molecule has 0 aromatic carbocycles. The summed E-state index contributed by atoms with van der Waals surface area (Å²) in [7, 11) is 0. The van der Waals surface area contributed by atoms with E-state index in [0.29, 0.717) is 18.2 Å². The number of hydrogen-bond donors (Lipinski definition) is 1. The first-order valence-corrected chi connectivity index (χ1v) is 12.8. The smallest absolute Gasteiger partial charge is 0.384 e. The Kier molecular flexibility index (Phi) is 14.6. The van der Waals surface area contributed by atoms with Gasteiger partial charge in [-0.3, -0.25) is 9.59 Å². The summed E-state index contributed by atoms with van der Waals surface area (Å²) in [5.74, 6) is -60.1. The number of ether oxygens (including phenoxy) is 3. The molecular weight excluding hydrogens is 712 g/mol. The lowest BCUT2D eigenvalue weighted by molar-refractivity contribution is -0.447. The highest BCUT2D eigenvalue weighted by atomic mass is 32.2. The van der Waals surface area contributed by atoms with E-state index >= 15 is 0 Å². The average molecular weight is 733 g/mol. The molecule has 0 bridgehead atoms. The number of carbonyl (C=O) groups excluding carboxylic acids is 3. The Morgan fingerprint density at radius 3 is 1.70 bits per heavy atom. The summed E-state index contributed by atoms with van der Waals surface area (Å²) in [5, 5.41) is 9.51. The maximum absolute atomic E-state index is 13.8. The summed E-state index contributed by atoms with van der Waals surface area (Å²) in [4.78, 5) is 34.1. The number of hydrogen-bond acceptors (Lipinski definition) is 8. The molecule has 0 aliphatic heterocycles. The van der Waals surface area contributed by atoms with Gasteiger partial charge >= 0.3 is 65.8 Å². The van der Waals surface area contributed by atoms with Crippen LogP contribution in [-0.2, 0) is 28.6 Å². The molecule has 1 unspecified atom stereocenters. The van der Waals surface area contributed by atoms with Gasteiger partial charge in [-0.2, -0.15) is 61.5 Å². The largest absolute Gasteiger partial charge is 0.465 e. The minimum atomic E-state index is -8.52. The van der Waals surface area contributed by atoms with Crippen LogP contribution in [0.3, 0.4) is 0 Å².